The Hall–Kier alpha value is -3.53. The van der Waals surface area contributed by atoms with Crippen LogP contribution in [0.4, 0.5) is 0 Å². The maximum atomic E-state index is 12.7. The summed E-state index contributed by atoms with van der Waals surface area (Å²) in [5.74, 6) is 0.0356. The summed E-state index contributed by atoms with van der Waals surface area (Å²) in [4.78, 5) is 47.9. The predicted molar refractivity (Wildman–Crippen MR) is 124 cm³/mol. The molecule has 0 saturated heterocycles. The van der Waals surface area contributed by atoms with Crippen LogP contribution in [0.1, 0.15) is 40.0 Å². The van der Waals surface area contributed by atoms with Crippen LogP contribution in [0.25, 0.3) is 21.3 Å². The van der Waals surface area contributed by atoms with Gasteiger partial charge in [0.25, 0.3) is 11.5 Å². The normalized spacial score (nSPS) is 11.2. The number of nitrogens with one attached hydrogen (secondary N) is 2. The van der Waals surface area contributed by atoms with Crippen molar-refractivity contribution in [2.75, 3.05) is 0 Å². The maximum absolute atomic E-state index is 12.7. The average molecular weight is 453 g/mol. The van der Waals surface area contributed by atoms with E-state index in [1.807, 2.05) is 33.8 Å². The van der Waals surface area contributed by atoms with E-state index in [4.69, 9.17) is 0 Å². The summed E-state index contributed by atoms with van der Waals surface area (Å²) < 4.78 is 3.48. The first kappa shape index (κ1) is 21.7. The van der Waals surface area contributed by atoms with Gasteiger partial charge in [0.2, 0.25) is 5.91 Å². The van der Waals surface area contributed by atoms with Gasteiger partial charge in [0.15, 0.2) is 0 Å². The van der Waals surface area contributed by atoms with Crippen molar-refractivity contribution >= 4 is 44.4 Å². The highest BCUT2D eigenvalue weighted by molar-refractivity contribution is 7.18. The number of hydrazine groups is 1. The molecule has 0 spiro atoms. The van der Waals surface area contributed by atoms with Gasteiger partial charge in [-0.3, -0.25) is 29.8 Å². The van der Waals surface area contributed by atoms with Crippen LogP contribution in [0.2, 0.25) is 0 Å². The van der Waals surface area contributed by atoms with Crippen molar-refractivity contribution in [3.63, 3.8) is 0 Å². The first-order chi connectivity index (χ1) is 15.3. The van der Waals surface area contributed by atoms with E-state index in [0.29, 0.717) is 15.8 Å². The molecule has 0 bridgehead atoms. The predicted octanol–water partition coefficient (Wildman–Crippen LogP) is 2.60. The van der Waals surface area contributed by atoms with Crippen LogP contribution in [-0.2, 0) is 17.9 Å². The summed E-state index contributed by atoms with van der Waals surface area (Å²) in [6.07, 6.45) is 1.48. The lowest BCUT2D eigenvalue weighted by Crippen LogP contribution is -2.42. The van der Waals surface area contributed by atoms with Gasteiger partial charge in [-0.15, -0.1) is 11.3 Å². The fraction of sp³-hybridized carbons (Fsp3) is 0.318. The molecule has 3 aromatic heterocycles. The summed E-state index contributed by atoms with van der Waals surface area (Å²) in [5, 5.41) is 0.597. The number of aryl methyl sites for hydroxylation is 5. The summed E-state index contributed by atoms with van der Waals surface area (Å²) in [6, 6.07) is 5.24. The van der Waals surface area contributed by atoms with Crippen molar-refractivity contribution in [2.24, 2.45) is 0 Å². The molecule has 3 heterocycles. The third kappa shape index (κ3) is 3.89. The number of aromatic nitrogens is 4. The molecule has 0 fully saturated rings. The minimum Gasteiger partial charge on any atom is -0.329 e. The average Bonchev–Trinajstić information content (AvgIpc) is 3.25. The second-order valence-corrected chi connectivity index (χ2v) is 8.77. The summed E-state index contributed by atoms with van der Waals surface area (Å²) in [5.41, 5.74) is 7.66. The number of carbonyl (C=O) groups excluding carboxylic acids is 2. The third-order valence-corrected chi connectivity index (χ3v) is 6.68. The van der Waals surface area contributed by atoms with Crippen LogP contribution in [0, 0.1) is 20.8 Å². The van der Waals surface area contributed by atoms with E-state index >= 15 is 0 Å². The highest BCUT2D eigenvalue weighted by atomic mass is 32.1. The molecule has 2 N–H and O–H groups in total. The number of rotatable bonds is 5. The molecule has 0 atom stereocenters. The van der Waals surface area contributed by atoms with E-state index in [9.17, 15) is 14.4 Å². The lowest BCUT2D eigenvalue weighted by molar-refractivity contribution is -0.122. The Morgan fingerprint density at radius 1 is 1.16 bits per heavy atom. The molecule has 0 saturated carbocycles. The van der Waals surface area contributed by atoms with Crippen molar-refractivity contribution in [1.82, 2.24) is 30.0 Å². The minimum atomic E-state index is -0.437. The largest absolute Gasteiger partial charge is 0.329 e. The Morgan fingerprint density at radius 2 is 1.94 bits per heavy atom. The van der Waals surface area contributed by atoms with Gasteiger partial charge in [-0.25, -0.2) is 9.97 Å². The van der Waals surface area contributed by atoms with Gasteiger partial charge in [0, 0.05) is 30.0 Å². The zero-order valence-corrected chi connectivity index (χ0v) is 19.2. The standard InChI is InChI=1S/C22H24N6O3S/c1-5-28-14(4)24-16-10-15(6-7-17(16)28)20(30)26-25-18(29)8-9-27-11-23-21-19(22(27)31)12(2)13(3)32-21/h6-7,10-11H,5,8-9H2,1-4H3,(H,25,29)(H,26,30). The van der Waals surface area contributed by atoms with Crippen LogP contribution >= 0.6 is 11.3 Å². The molecule has 0 aliphatic heterocycles. The van der Waals surface area contributed by atoms with Gasteiger partial charge >= 0.3 is 0 Å². The van der Waals surface area contributed by atoms with E-state index in [2.05, 4.69) is 25.4 Å². The molecule has 0 aliphatic carbocycles. The van der Waals surface area contributed by atoms with Crippen molar-refractivity contribution in [2.45, 2.75) is 47.2 Å². The van der Waals surface area contributed by atoms with Gasteiger partial charge in [-0.2, -0.15) is 0 Å². The third-order valence-electron chi connectivity index (χ3n) is 5.57. The Bertz CT molecular complexity index is 1410. The van der Waals surface area contributed by atoms with E-state index in [1.165, 1.54) is 22.2 Å². The molecular weight excluding hydrogens is 428 g/mol. The van der Waals surface area contributed by atoms with Crippen LogP contribution in [-0.4, -0.2) is 30.9 Å². The number of thiophene rings is 1. The second-order valence-electron chi connectivity index (χ2n) is 7.57. The number of benzene rings is 1. The molecule has 0 radical (unpaired) electrons. The minimum absolute atomic E-state index is 0.0225. The molecule has 0 aliphatic rings. The highest BCUT2D eigenvalue weighted by Gasteiger charge is 2.14. The molecule has 2 amide bonds. The smallest absolute Gasteiger partial charge is 0.269 e. The quantitative estimate of drug-likeness (QED) is 0.452. The van der Waals surface area contributed by atoms with Crippen molar-refractivity contribution < 1.29 is 9.59 Å². The zero-order valence-electron chi connectivity index (χ0n) is 18.4. The first-order valence-electron chi connectivity index (χ1n) is 10.3. The number of hydrogen-bond donors (Lipinski definition) is 2. The van der Waals surface area contributed by atoms with Crippen LogP contribution in [0.3, 0.4) is 0 Å². The molecule has 9 nitrogen and oxygen atoms in total. The molecule has 32 heavy (non-hydrogen) atoms. The fourth-order valence-corrected chi connectivity index (χ4v) is 4.69. The number of fused-ring (bicyclic) bond motifs is 2. The number of carbonyl (C=O) groups is 2. The van der Waals surface area contributed by atoms with Crippen molar-refractivity contribution in [3.8, 4) is 0 Å². The second kappa shape index (κ2) is 8.54. The maximum Gasteiger partial charge on any atom is 0.269 e. The number of hydrogen-bond acceptors (Lipinski definition) is 6. The molecule has 4 rings (SSSR count). The SMILES string of the molecule is CCn1c(C)nc2cc(C(=O)NNC(=O)CCn3cnc4sc(C)c(C)c4c3=O)ccc21. The van der Waals surface area contributed by atoms with E-state index < -0.39 is 11.8 Å². The van der Waals surface area contributed by atoms with Crippen molar-refractivity contribution in [3.05, 3.63) is 56.7 Å². The topological polar surface area (TPSA) is 111 Å². The summed E-state index contributed by atoms with van der Waals surface area (Å²) in [7, 11) is 0. The molecule has 4 aromatic rings. The lowest BCUT2D eigenvalue weighted by Gasteiger charge is -2.09. The summed E-state index contributed by atoms with van der Waals surface area (Å²) >= 11 is 1.48. The van der Waals surface area contributed by atoms with Gasteiger partial charge in [-0.05, 0) is 51.5 Å². The van der Waals surface area contributed by atoms with E-state index in [-0.39, 0.29) is 18.5 Å². The van der Waals surface area contributed by atoms with Crippen LogP contribution in [0.5, 0.6) is 0 Å². The number of imidazole rings is 1. The molecule has 166 valence electrons. The van der Waals surface area contributed by atoms with Crippen LogP contribution < -0.4 is 16.4 Å². The number of amides is 2. The molecule has 1 aromatic carbocycles. The van der Waals surface area contributed by atoms with Crippen LogP contribution in [0.15, 0.2) is 29.3 Å². The lowest BCUT2D eigenvalue weighted by atomic mass is 10.2. The summed E-state index contributed by atoms with van der Waals surface area (Å²) in [6.45, 7) is 8.77. The molecule has 10 heteroatoms. The molecular formula is C22H24N6O3S. The number of nitrogens with zero attached hydrogens (tertiary/aromatic N) is 4. The van der Waals surface area contributed by atoms with Gasteiger partial charge in [0.1, 0.15) is 10.7 Å². The van der Waals surface area contributed by atoms with Crippen molar-refractivity contribution in [1.29, 1.82) is 0 Å². The monoisotopic (exact) mass is 452 g/mol. The van der Waals surface area contributed by atoms with Gasteiger partial charge in [-0.1, -0.05) is 0 Å². The molecule has 0 unspecified atom stereocenters. The Balaban J connectivity index is 1.38. The first-order valence-corrected chi connectivity index (χ1v) is 11.1. The van der Waals surface area contributed by atoms with Gasteiger partial charge in [0.05, 0.1) is 22.7 Å². The Kier molecular flexibility index (Phi) is 5.79. The Morgan fingerprint density at radius 3 is 2.69 bits per heavy atom. The Labute approximate surface area is 188 Å². The zero-order chi connectivity index (χ0) is 23.0. The fourth-order valence-electron chi connectivity index (χ4n) is 3.70. The highest BCUT2D eigenvalue weighted by Crippen LogP contribution is 2.25. The van der Waals surface area contributed by atoms with E-state index in [0.717, 1.165) is 33.8 Å². The van der Waals surface area contributed by atoms with E-state index in [1.54, 1.807) is 12.1 Å². The van der Waals surface area contributed by atoms with Gasteiger partial charge < -0.3 is 4.57 Å².